The van der Waals surface area contributed by atoms with Gasteiger partial charge in [-0.15, -0.1) is 0 Å². The lowest BCUT2D eigenvalue weighted by Gasteiger charge is -2.24. The molecule has 1 aliphatic heterocycles. The summed E-state index contributed by atoms with van der Waals surface area (Å²) in [5.74, 6) is 0. The summed E-state index contributed by atoms with van der Waals surface area (Å²) in [7, 11) is 0. The molecule has 0 amide bonds. The van der Waals surface area contributed by atoms with Crippen molar-refractivity contribution < 1.29 is 0 Å². The predicted octanol–water partition coefficient (Wildman–Crippen LogP) is 3.03. The molecule has 1 unspecified atom stereocenters. The molecule has 0 saturated carbocycles. The Morgan fingerprint density at radius 2 is 2.17 bits per heavy atom. The van der Waals surface area contributed by atoms with Gasteiger partial charge in [0.2, 0.25) is 0 Å². The van der Waals surface area contributed by atoms with E-state index in [1.807, 2.05) is 0 Å². The average molecular weight is 243 g/mol. The van der Waals surface area contributed by atoms with Gasteiger partial charge in [-0.2, -0.15) is 0 Å². The topological polar surface area (TPSA) is 39.9 Å². The molecular formula is C15H21N3. The molecule has 2 heterocycles. The number of hydrogen-bond acceptors (Lipinski definition) is 2. The Balaban J connectivity index is 1.75. The third-order valence-corrected chi connectivity index (χ3v) is 3.83. The summed E-state index contributed by atoms with van der Waals surface area (Å²) in [6.45, 7) is 4.32. The van der Waals surface area contributed by atoms with Crippen molar-refractivity contribution in [3.63, 3.8) is 0 Å². The van der Waals surface area contributed by atoms with Gasteiger partial charge in [-0.1, -0.05) is 24.6 Å². The highest BCUT2D eigenvalue weighted by Gasteiger charge is 2.13. The van der Waals surface area contributed by atoms with E-state index < -0.39 is 0 Å². The summed E-state index contributed by atoms with van der Waals surface area (Å²) in [6.07, 6.45) is 3.96. The van der Waals surface area contributed by atoms with Gasteiger partial charge in [-0.3, -0.25) is 0 Å². The standard InChI is InChI=1S/C15H21N3/c1-11-15(13-7-2-3-8-14(13)18-11)17-10-12-6-4-5-9-16-12/h2-3,7-8,12,16-18H,4-6,9-10H2,1H3. The Morgan fingerprint density at radius 1 is 1.28 bits per heavy atom. The molecule has 1 atom stereocenters. The van der Waals surface area contributed by atoms with Crippen molar-refractivity contribution in [1.82, 2.24) is 10.3 Å². The first-order valence-corrected chi connectivity index (χ1v) is 6.89. The number of aromatic nitrogens is 1. The fraction of sp³-hybridized carbons (Fsp3) is 0.467. The van der Waals surface area contributed by atoms with Crippen LogP contribution in [0, 0.1) is 6.92 Å². The predicted molar refractivity (Wildman–Crippen MR) is 77.2 cm³/mol. The van der Waals surface area contributed by atoms with E-state index in [1.54, 1.807) is 0 Å². The van der Waals surface area contributed by atoms with Crippen LogP contribution >= 0.6 is 0 Å². The molecule has 1 fully saturated rings. The van der Waals surface area contributed by atoms with Gasteiger partial charge in [-0.25, -0.2) is 0 Å². The first-order chi connectivity index (χ1) is 8.84. The van der Waals surface area contributed by atoms with Crippen LogP contribution in [0.3, 0.4) is 0 Å². The lowest BCUT2D eigenvalue weighted by molar-refractivity contribution is 0.414. The Labute approximate surface area is 108 Å². The summed E-state index contributed by atoms with van der Waals surface area (Å²) >= 11 is 0. The molecule has 2 aromatic rings. The van der Waals surface area contributed by atoms with E-state index in [2.05, 4.69) is 46.8 Å². The molecule has 0 aliphatic carbocycles. The fourth-order valence-electron chi connectivity index (χ4n) is 2.83. The Kier molecular flexibility index (Phi) is 3.24. The summed E-state index contributed by atoms with van der Waals surface area (Å²) in [6, 6.07) is 9.10. The summed E-state index contributed by atoms with van der Waals surface area (Å²) in [5.41, 5.74) is 3.71. The van der Waals surface area contributed by atoms with Gasteiger partial charge in [0.25, 0.3) is 0 Å². The maximum atomic E-state index is 3.61. The maximum Gasteiger partial charge on any atom is 0.0628 e. The lowest BCUT2D eigenvalue weighted by Crippen LogP contribution is -2.39. The molecule has 96 valence electrons. The molecule has 18 heavy (non-hydrogen) atoms. The first kappa shape index (κ1) is 11.6. The van der Waals surface area contributed by atoms with Gasteiger partial charge in [0, 0.05) is 29.2 Å². The largest absolute Gasteiger partial charge is 0.382 e. The molecule has 3 rings (SSSR count). The van der Waals surface area contributed by atoms with E-state index in [1.165, 1.54) is 48.1 Å². The number of hydrogen-bond donors (Lipinski definition) is 3. The summed E-state index contributed by atoms with van der Waals surface area (Å²) < 4.78 is 0. The van der Waals surface area contributed by atoms with Gasteiger partial charge in [0.05, 0.1) is 5.69 Å². The van der Waals surface area contributed by atoms with E-state index in [4.69, 9.17) is 0 Å². The minimum absolute atomic E-state index is 0.617. The molecular weight excluding hydrogens is 222 g/mol. The molecule has 1 aromatic heterocycles. The van der Waals surface area contributed by atoms with Crippen molar-refractivity contribution in [3.8, 4) is 0 Å². The maximum absolute atomic E-state index is 3.61. The van der Waals surface area contributed by atoms with Crippen LogP contribution in [0.25, 0.3) is 10.9 Å². The van der Waals surface area contributed by atoms with Crippen LogP contribution in [0.2, 0.25) is 0 Å². The number of para-hydroxylation sites is 1. The number of H-pyrrole nitrogens is 1. The summed E-state index contributed by atoms with van der Waals surface area (Å²) in [5, 5.41) is 8.49. The van der Waals surface area contributed by atoms with Crippen LogP contribution in [0.1, 0.15) is 25.0 Å². The smallest absolute Gasteiger partial charge is 0.0628 e. The van der Waals surface area contributed by atoms with Gasteiger partial charge in [0.1, 0.15) is 0 Å². The van der Waals surface area contributed by atoms with Crippen molar-refractivity contribution in [2.24, 2.45) is 0 Å². The Bertz CT molecular complexity index is 524. The normalized spacial score (nSPS) is 20.2. The third kappa shape index (κ3) is 2.23. The molecule has 0 spiro atoms. The Hall–Kier alpha value is -1.48. The van der Waals surface area contributed by atoms with Crippen molar-refractivity contribution in [3.05, 3.63) is 30.0 Å². The molecule has 3 nitrogen and oxygen atoms in total. The first-order valence-electron chi connectivity index (χ1n) is 6.89. The fourth-order valence-corrected chi connectivity index (χ4v) is 2.83. The number of anilines is 1. The van der Waals surface area contributed by atoms with E-state index in [0.717, 1.165) is 6.54 Å². The quantitative estimate of drug-likeness (QED) is 0.775. The second kappa shape index (κ2) is 5.02. The zero-order valence-corrected chi connectivity index (χ0v) is 10.9. The van der Waals surface area contributed by atoms with E-state index in [9.17, 15) is 0 Å². The minimum Gasteiger partial charge on any atom is -0.382 e. The van der Waals surface area contributed by atoms with E-state index in [-0.39, 0.29) is 0 Å². The van der Waals surface area contributed by atoms with E-state index in [0.29, 0.717) is 6.04 Å². The zero-order valence-electron chi connectivity index (χ0n) is 10.9. The van der Waals surface area contributed by atoms with Gasteiger partial charge in [-0.05, 0) is 32.4 Å². The van der Waals surface area contributed by atoms with Crippen molar-refractivity contribution in [1.29, 1.82) is 0 Å². The number of aryl methyl sites for hydroxylation is 1. The average Bonchev–Trinajstić information content (AvgIpc) is 2.73. The highest BCUT2D eigenvalue weighted by atomic mass is 15.0. The number of rotatable bonds is 3. The van der Waals surface area contributed by atoms with Crippen LogP contribution in [-0.2, 0) is 0 Å². The lowest BCUT2D eigenvalue weighted by atomic mass is 10.0. The van der Waals surface area contributed by atoms with Crippen LogP contribution in [0.15, 0.2) is 24.3 Å². The van der Waals surface area contributed by atoms with Crippen LogP contribution < -0.4 is 10.6 Å². The number of nitrogens with one attached hydrogen (secondary N) is 3. The Morgan fingerprint density at radius 3 is 3.00 bits per heavy atom. The van der Waals surface area contributed by atoms with Gasteiger partial charge in [0.15, 0.2) is 0 Å². The molecule has 1 saturated heterocycles. The molecule has 0 radical (unpaired) electrons. The second-order valence-electron chi connectivity index (χ2n) is 5.20. The molecule has 1 aromatic carbocycles. The zero-order chi connectivity index (χ0) is 12.4. The van der Waals surface area contributed by atoms with Crippen LogP contribution in [0.4, 0.5) is 5.69 Å². The molecule has 1 aliphatic rings. The van der Waals surface area contributed by atoms with Gasteiger partial charge >= 0.3 is 0 Å². The second-order valence-corrected chi connectivity index (χ2v) is 5.20. The summed E-state index contributed by atoms with van der Waals surface area (Å²) in [4.78, 5) is 3.43. The van der Waals surface area contributed by atoms with Crippen LogP contribution in [-0.4, -0.2) is 24.1 Å². The highest BCUT2D eigenvalue weighted by Crippen LogP contribution is 2.27. The number of benzene rings is 1. The van der Waals surface area contributed by atoms with Crippen molar-refractivity contribution >= 4 is 16.6 Å². The van der Waals surface area contributed by atoms with E-state index >= 15 is 0 Å². The van der Waals surface area contributed by atoms with Gasteiger partial charge < -0.3 is 15.6 Å². The highest BCUT2D eigenvalue weighted by molar-refractivity contribution is 5.94. The monoisotopic (exact) mass is 243 g/mol. The molecule has 3 heteroatoms. The number of fused-ring (bicyclic) bond motifs is 1. The number of aromatic amines is 1. The minimum atomic E-state index is 0.617. The number of piperidine rings is 1. The van der Waals surface area contributed by atoms with Crippen molar-refractivity contribution in [2.45, 2.75) is 32.2 Å². The SMILES string of the molecule is Cc1[nH]c2ccccc2c1NCC1CCCCN1. The molecule has 3 N–H and O–H groups in total. The van der Waals surface area contributed by atoms with Crippen molar-refractivity contribution in [2.75, 3.05) is 18.4 Å². The molecule has 0 bridgehead atoms. The van der Waals surface area contributed by atoms with Crippen LogP contribution in [0.5, 0.6) is 0 Å². The third-order valence-electron chi connectivity index (χ3n) is 3.83.